The second-order valence-electron chi connectivity index (χ2n) is 6.51. The van der Waals surface area contributed by atoms with Crippen molar-refractivity contribution in [1.82, 2.24) is 9.97 Å². The maximum Gasteiger partial charge on any atom is 0.260 e. The number of H-pyrrole nitrogens is 1. The SMILES string of the molecule is O=c1[nH]c(C(c2ccccc2)c2ccccc2)nc2scc(-c3cccs3)c12. The van der Waals surface area contributed by atoms with Crippen LogP contribution in [0, 0.1) is 0 Å². The van der Waals surface area contributed by atoms with Crippen LogP contribution in [0.15, 0.2) is 88.4 Å². The molecule has 136 valence electrons. The summed E-state index contributed by atoms with van der Waals surface area (Å²) in [6.07, 6.45) is 0. The fraction of sp³-hybridized carbons (Fsp3) is 0.0435. The van der Waals surface area contributed by atoms with Crippen LogP contribution < -0.4 is 5.56 Å². The Balaban J connectivity index is 1.71. The molecule has 5 aromatic rings. The molecule has 0 radical (unpaired) electrons. The molecule has 28 heavy (non-hydrogen) atoms. The van der Waals surface area contributed by atoms with Crippen LogP contribution in [-0.4, -0.2) is 9.97 Å². The monoisotopic (exact) mass is 400 g/mol. The molecule has 0 aliphatic heterocycles. The van der Waals surface area contributed by atoms with Gasteiger partial charge in [-0.25, -0.2) is 4.98 Å². The number of hydrogen-bond donors (Lipinski definition) is 1. The summed E-state index contributed by atoms with van der Waals surface area (Å²) in [6, 6.07) is 24.4. The van der Waals surface area contributed by atoms with Crippen LogP contribution in [0.1, 0.15) is 22.9 Å². The van der Waals surface area contributed by atoms with Crippen molar-refractivity contribution in [2.24, 2.45) is 0 Å². The average Bonchev–Trinajstić information content (AvgIpc) is 3.40. The first kappa shape index (κ1) is 17.1. The normalized spacial score (nSPS) is 11.3. The lowest BCUT2D eigenvalue weighted by Crippen LogP contribution is -2.16. The van der Waals surface area contributed by atoms with E-state index in [1.54, 1.807) is 11.3 Å². The van der Waals surface area contributed by atoms with Crippen molar-refractivity contribution in [1.29, 1.82) is 0 Å². The molecular weight excluding hydrogens is 384 g/mol. The number of nitrogens with one attached hydrogen (secondary N) is 1. The van der Waals surface area contributed by atoms with Crippen molar-refractivity contribution in [3.63, 3.8) is 0 Å². The standard InChI is InChI=1S/C23H16N2OS2/c26-22-20-17(18-12-7-13-27-18)14-28-23(20)25-21(24-22)19(15-8-3-1-4-9-15)16-10-5-2-6-11-16/h1-14,19H,(H,24,25,26). The molecule has 5 rings (SSSR count). The van der Waals surface area contributed by atoms with E-state index in [0.717, 1.165) is 26.4 Å². The van der Waals surface area contributed by atoms with Gasteiger partial charge in [-0.1, -0.05) is 66.7 Å². The van der Waals surface area contributed by atoms with Gasteiger partial charge in [-0.15, -0.1) is 22.7 Å². The first-order valence-corrected chi connectivity index (χ1v) is 10.7. The number of thiophene rings is 2. The fourth-order valence-electron chi connectivity index (χ4n) is 3.51. The Morgan fingerprint density at radius 3 is 2.11 bits per heavy atom. The Bertz CT molecular complexity index is 1230. The van der Waals surface area contributed by atoms with E-state index in [-0.39, 0.29) is 11.5 Å². The minimum Gasteiger partial charge on any atom is -0.309 e. The van der Waals surface area contributed by atoms with Gasteiger partial charge in [0.2, 0.25) is 0 Å². The molecule has 0 spiro atoms. The van der Waals surface area contributed by atoms with E-state index in [2.05, 4.69) is 29.2 Å². The second kappa shape index (κ2) is 7.19. The van der Waals surface area contributed by atoms with Crippen LogP contribution in [0.2, 0.25) is 0 Å². The number of aromatic nitrogens is 2. The predicted octanol–water partition coefficient (Wildman–Crippen LogP) is 5.89. The highest BCUT2D eigenvalue weighted by molar-refractivity contribution is 7.18. The Kier molecular flexibility index (Phi) is 4.39. The fourth-order valence-corrected chi connectivity index (χ4v) is 5.28. The minimum atomic E-state index is -0.119. The molecule has 3 aromatic heterocycles. The highest BCUT2D eigenvalue weighted by Crippen LogP contribution is 2.35. The molecule has 0 aliphatic rings. The average molecular weight is 401 g/mol. The van der Waals surface area contributed by atoms with Crippen LogP contribution in [0.5, 0.6) is 0 Å². The molecule has 0 aliphatic carbocycles. The highest BCUT2D eigenvalue weighted by Gasteiger charge is 2.21. The van der Waals surface area contributed by atoms with Crippen molar-refractivity contribution in [3.05, 3.63) is 111 Å². The zero-order valence-electron chi connectivity index (χ0n) is 14.8. The van der Waals surface area contributed by atoms with Gasteiger partial charge in [0.1, 0.15) is 10.7 Å². The van der Waals surface area contributed by atoms with Crippen molar-refractivity contribution in [3.8, 4) is 10.4 Å². The molecule has 3 heterocycles. The first-order chi connectivity index (χ1) is 13.8. The number of benzene rings is 2. The molecule has 0 saturated carbocycles. The zero-order valence-corrected chi connectivity index (χ0v) is 16.5. The molecule has 0 fully saturated rings. The number of rotatable bonds is 4. The van der Waals surface area contributed by atoms with Gasteiger partial charge in [0, 0.05) is 15.8 Å². The van der Waals surface area contributed by atoms with Gasteiger partial charge < -0.3 is 4.98 Å². The summed E-state index contributed by atoms with van der Waals surface area (Å²) in [4.78, 5) is 22.9. The summed E-state index contributed by atoms with van der Waals surface area (Å²) >= 11 is 3.16. The molecule has 0 atom stereocenters. The molecule has 1 N–H and O–H groups in total. The minimum absolute atomic E-state index is 0.0819. The molecule has 0 unspecified atom stereocenters. The Hall–Kier alpha value is -3.02. The molecule has 0 amide bonds. The van der Waals surface area contributed by atoms with Gasteiger partial charge in [0.15, 0.2) is 0 Å². The third kappa shape index (κ3) is 2.99. The summed E-state index contributed by atoms with van der Waals surface area (Å²) in [6.45, 7) is 0. The summed E-state index contributed by atoms with van der Waals surface area (Å²) in [5.41, 5.74) is 3.09. The number of aromatic amines is 1. The molecule has 5 heteroatoms. The number of hydrogen-bond acceptors (Lipinski definition) is 4. The van der Waals surface area contributed by atoms with E-state index in [9.17, 15) is 4.79 Å². The summed E-state index contributed by atoms with van der Waals surface area (Å²) in [5, 5.41) is 4.73. The van der Waals surface area contributed by atoms with E-state index >= 15 is 0 Å². The number of fused-ring (bicyclic) bond motifs is 1. The number of nitrogens with zero attached hydrogens (tertiary/aromatic N) is 1. The van der Waals surface area contributed by atoms with Crippen LogP contribution >= 0.6 is 22.7 Å². The zero-order chi connectivity index (χ0) is 18.9. The largest absolute Gasteiger partial charge is 0.309 e. The predicted molar refractivity (Wildman–Crippen MR) is 117 cm³/mol. The lowest BCUT2D eigenvalue weighted by atomic mass is 9.90. The third-order valence-corrected chi connectivity index (χ3v) is 6.56. The Morgan fingerprint density at radius 1 is 0.821 bits per heavy atom. The maximum atomic E-state index is 13.1. The van der Waals surface area contributed by atoms with Crippen molar-refractivity contribution in [2.75, 3.05) is 0 Å². The topological polar surface area (TPSA) is 45.8 Å². The van der Waals surface area contributed by atoms with Gasteiger partial charge in [-0.2, -0.15) is 0 Å². The Morgan fingerprint density at radius 2 is 1.50 bits per heavy atom. The summed E-state index contributed by atoms with van der Waals surface area (Å²) in [7, 11) is 0. The van der Waals surface area contributed by atoms with Gasteiger partial charge in [-0.3, -0.25) is 4.79 Å². The van der Waals surface area contributed by atoms with E-state index in [1.807, 2.05) is 59.3 Å². The van der Waals surface area contributed by atoms with Gasteiger partial charge in [-0.05, 0) is 22.6 Å². The second-order valence-corrected chi connectivity index (χ2v) is 8.32. The lowest BCUT2D eigenvalue weighted by Gasteiger charge is -2.17. The summed E-state index contributed by atoms with van der Waals surface area (Å²) < 4.78 is 0. The van der Waals surface area contributed by atoms with Crippen LogP contribution in [-0.2, 0) is 0 Å². The lowest BCUT2D eigenvalue weighted by molar-refractivity contribution is 0.860. The van der Waals surface area contributed by atoms with Crippen LogP contribution in [0.3, 0.4) is 0 Å². The maximum absolute atomic E-state index is 13.1. The van der Waals surface area contributed by atoms with Crippen molar-refractivity contribution < 1.29 is 0 Å². The van der Waals surface area contributed by atoms with Gasteiger partial charge in [0.25, 0.3) is 5.56 Å². The van der Waals surface area contributed by atoms with E-state index < -0.39 is 0 Å². The molecule has 2 aromatic carbocycles. The van der Waals surface area contributed by atoms with E-state index in [4.69, 9.17) is 4.98 Å². The van der Waals surface area contributed by atoms with Crippen LogP contribution in [0.25, 0.3) is 20.7 Å². The van der Waals surface area contributed by atoms with Crippen molar-refractivity contribution >= 4 is 32.9 Å². The first-order valence-electron chi connectivity index (χ1n) is 8.96. The molecule has 0 bridgehead atoms. The van der Waals surface area contributed by atoms with Crippen LogP contribution in [0.4, 0.5) is 0 Å². The quantitative estimate of drug-likeness (QED) is 0.409. The van der Waals surface area contributed by atoms with Gasteiger partial charge >= 0.3 is 0 Å². The Labute approximate surface area is 170 Å². The third-order valence-electron chi connectivity index (χ3n) is 4.79. The smallest absolute Gasteiger partial charge is 0.260 e. The molecule has 3 nitrogen and oxygen atoms in total. The van der Waals surface area contributed by atoms with Gasteiger partial charge in [0.05, 0.1) is 11.3 Å². The highest BCUT2D eigenvalue weighted by atomic mass is 32.1. The molecule has 0 saturated heterocycles. The van der Waals surface area contributed by atoms with E-state index in [0.29, 0.717) is 11.2 Å². The van der Waals surface area contributed by atoms with E-state index in [1.165, 1.54) is 11.3 Å². The molecular formula is C23H16N2OS2. The summed E-state index contributed by atoms with van der Waals surface area (Å²) in [5.74, 6) is 0.557. The van der Waals surface area contributed by atoms with Crippen molar-refractivity contribution in [2.45, 2.75) is 5.92 Å².